The maximum atomic E-state index is 5.89. The van der Waals surface area contributed by atoms with Gasteiger partial charge in [0, 0.05) is 5.56 Å². The Kier molecular flexibility index (Phi) is 2.91. The van der Waals surface area contributed by atoms with Gasteiger partial charge in [-0.15, -0.1) is 0 Å². The molecule has 1 atom stereocenters. The summed E-state index contributed by atoms with van der Waals surface area (Å²) < 4.78 is 11.3. The molecule has 1 N–H and O–H groups in total. The molecule has 0 spiro atoms. The average molecular weight is 317 g/mol. The summed E-state index contributed by atoms with van der Waals surface area (Å²) in [5, 5.41) is 0. The van der Waals surface area contributed by atoms with Crippen LogP contribution in [0.25, 0.3) is 22.4 Å². The Morgan fingerprint density at radius 1 is 1.12 bits per heavy atom. The molecule has 5 nitrogen and oxygen atoms in total. The van der Waals surface area contributed by atoms with Gasteiger partial charge in [0.1, 0.15) is 11.6 Å². The molecule has 0 saturated carbocycles. The monoisotopic (exact) mass is 317 g/mol. The molecule has 2 aromatic heterocycles. The maximum Gasteiger partial charge on any atom is 0.181 e. The van der Waals surface area contributed by atoms with E-state index in [-0.39, 0.29) is 5.92 Å². The summed E-state index contributed by atoms with van der Waals surface area (Å²) in [5.74, 6) is 2.94. The number of fused-ring (bicyclic) bond motifs is 2. The Hall–Kier alpha value is -3.08. The van der Waals surface area contributed by atoms with Gasteiger partial charge in [-0.3, -0.25) is 0 Å². The summed E-state index contributed by atoms with van der Waals surface area (Å²) in [6, 6.07) is 14.2. The van der Waals surface area contributed by atoms with Crippen LogP contribution in [-0.2, 0) is 6.42 Å². The minimum absolute atomic E-state index is 0.237. The Morgan fingerprint density at radius 2 is 2.08 bits per heavy atom. The van der Waals surface area contributed by atoms with Crippen LogP contribution in [0.2, 0.25) is 0 Å². The number of hydrogen-bond donors (Lipinski definition) is 1. The smallest absolute Gasteiger partial charge is 0.181 e. The normalized spacial score (nSPS) is 16.8. The molecule has 118 valence electrons. The minimum atomic E-state index is 0.237. The molecule has 0 radical (unpaired) electrons. The number of aromatic nitrogens is 3. The molecule has 1 aliphatic heterocycles. The Labute approximate surface area is 138 Å². The summed E-state index contributed by atoms with van der Waals surface area (Å²) in [6.07, 6.45) is 4.09. The molecule has 0 bridgehead atoms. The van der Waals surface area contributed by atoms with Gasteiger partial charge in [0.05, 0.1) is 29.8 Å². The van der Waals surface area contributed by atoms with E-state index in [0.717, 1.165) is 40.4 Å². The summed E-state index contributed by atoms with van der Waals surface area (Å²) in [4.78, 5) is 12.2. The SMILES string of the molecule is c1ccc2c(c1)C[C@H](c1nc3ccc(-c4cnco4)cc3[nH]1)CO2. The van der Waals surface area contributed by atoms with Crippen LogP contribution >= 0.6 is 0 Å². The predicted octanol–water partition coefficient (Wildman–Crippen LogP) is 3.94. The second kappa shape index (κ2) is 5.23. The molecule has 4 aromatic rings. The van der Waals surface area contributed by atoms with Gasteiger partial charge in [-0.1, -0.05) is 18.2 Å². The van der Waals surface area contributed by atoms with E-state index in [4.69, 9.17) is 14.1 Å². The highest BCUT2D eigenvalue weighted by atomic mass is 16.5. The highest BCUT2D eigenvalue weighted by Gasteiger charge is 2.23. The zero-order valence-electron chi connectivity index (χ0n) is 12.9. The molecule has 0 amide bonds. The number of para-hydroxylation sites is 1. The predicted molar refractivity (Wildman–Crippen MR) is 90.0 cm³/mol. The van der Waals surface area contributed by atoms with Gasteiger partial charge in [-0.25, -0.2) is 9.97 Å². The number of hydrogen-bond acceptors (Lipinski definition) is 4. The van der Waals surface area contributed by atoms with Gasteiger partial charge < -0.3 is 14.1 Å². The molecular formula is C19H15N3O2. The lowest BCUT2D eigenvalue weighted by molar-refractivity contribution is 0.258. The molecule has 3 heterocycles. The van der Waals surface area contributed by atoms with Crippen molar-refractivity contribution in [2.45, 2.75) is 12.3 Å². The van der Waals surface area contributed by atoms with Crippen molar-refractivity contribution in [2.24, 2.45) is 0 Å². The molecule has 1 aliphatic rings. The van der Waals surface area contributed by atoms with Gasteiger partial charge in [0.15, 0.2) is 12.2 Å². The Morgan fingerprint density at radius 3 is 3.00 bits per heavy atom. The largest absolute Gasteiger partial charge is 0.493 e. The molecule has 0 unspecified atom stereocenters. The molecular weight excluding hydrogens is 302 g/mol. The van der Waals surface area contributed by atoms with Gasteiger partial charge >= 0.3 is 0 Å². The van der Waals surface area contributed by atoms with E-state index in [1.54, 1.807) is 6.20 Å². The van der Waals surface area contributed by atoms with E-state index in [1.165, 1.54) is 12.0 Å². The first-order valence-corrected chi connectivity index (χ1v) is 7.96. The summed E-state index contributed by atoms with van der Waals surface area (Å²) in [5.41, 5.74) is 4.17. The molecule has 5 heteroatoms. The van der Waals surface area contributed by atoms with E-state index in [1.807, 2.05) is 36.4 Å². The Balaban J connectivity index is 1.50. The molecule has 0 fully saturated rings. The fraction of sp³-hybridized carbons (Fsp3) is 0.158. The number of nitrogens with one attached hydrogen (secondary N) is 1. The van der Waals surface area contributed by atoms with Crippen molar-refractivity contribution in [3.8, 4) is 17.1 Å². The minimum Gasteiger partial charge on any atom is -0.493 e. The molecule has 0 aliphatic carbocycles. The van der Waals surface area contributed by atoms with Crippen molar-refractivity contribution in [3.63, 3.8) is 0 Å². The number of oxazole rings is 1. The third-order valence-electron chi connectivity index (χ3n) is 4.48. The van der Waals surface area contributed by atoms with Crippen LogP contribution in [0.3, 0.4) is 0 Å². The van der Waals surface area contributed by atoms with Crippen LogP contribution in [0.5, 0.6) is 5.75 Å². The van der Waals surface area contributed by atoms with Crippen molar-refractivity contribution in [3.05, 3.63) is 66.4 Å². The molecule has 5 rings (SSSR count). The van der Waals surface area contributed by atoms with Crippen LogP contribution in [-0.4, -0.2) is 21.6 Å². The zero-order valence-corrected chi connectivity index (χ0v) is 12.9. The number of nitrogens with zero attached hydrogens (tertiary/aromatic N) is 2. The topological polar surface area (TPSA) is 63.9 Å². The lowest BCUT2D eigenvalue weighted by Crippen LogP contribution is -2.20. The number of ether oxygens (including phenoxy) is 1. The van der Waals surface area contributed by atoms with Crippen LogP contribution in [0, 0.1) is 0 Å². The molecule has 2 aromatic carbocycles. The molecule has 0 saturated heterocycles. The van der Waals surface area contributed by atoms with E-state index >= 15 is 0 Å². The van der Waals surface area contributed by atoms with E-state index in [0.29, 0.717) is 6.61 Å². The van der Waals surface area contributed by atoms with Crippen LogP contribution < -0.4 is 4.74 Å². The first-order chi connectivity index (χ1) is 11.9. The van der Waals surface area contributed by atoms with Crippen LogP contribution in [0.15, 0.2) is 59.5 Å². The van der Waals surface area contributed by atoms with Gasteiger partial charge in [-0.2, -0.15) is 0 Å². The van der Waals surface area contributed by atoms with E-state index in [9.17, 15) is 0 Å². The quantitative estimate of drug-likeness (QED) is 0.608. The van der Waals surface area contributed by atoms with Crippen molar-refractivity contribution < 1.29 is 9.15 Å². The average Bonchev–Trinajstić information content (AvgIpc) is 3.30. The van der Waals surface area contributed by atoms with Crippen molar-refractivity contribution in [2.75, 3.05) is 6.61 Å². The highest BCUT2D eigenvalue weighted by Crippen LogP contribution is 2.32. The lowest BCUT2D eigenvalue weighted by Gasteiger charge is -2.23. The highest BCUT2D eigenvalue weighted by molar-refractivity contribution is 5.80. The third-order valence-corrected chi connectivity index (χ3v) is 4.48. The standard InChI is InChI=1S/C19H15N3O2/c1-2-4-17-12(3-1)7-14(10-23-17)19-21-15-6-5-13(8-16(15)22-19)18-9-20-11-24-18/h1-6,8-9,11,14H,7,10H2,(H,21,22)/t14-/m0/s1. The summed E-state index contributed by atoms with van der Waals surface area (Å²) in [6.45, 7) is 0.645. The third kappa shape index (κ3) is 2.17. The van der Waals surface area contributed by atoms with Crippen LogP contribution in [0.4, 0.5) is 0 Å². The lowest BCUT2D eigenvalue weighted by atomic mass is 9.96. The summed E-state index contributed by atoms with van der Waals surface area (Å²) in [7, 11) is 0. The first-order valence-electron chi connectivity index (χ1n) is 7.96. The second-order valence-electron chi connectivity index (χ2n) is 6.04. The zero-order chi connectivity index (χ0) is 15.9. The number of aromatic amines is 1. The number of rotatable bonds is 2. The number of benzene rings is 2. The van der Waals surface area contributed by atoms with Crippen molar-refractivity contribution in [1.82, 2.24) is 15.0 Å². The Bertz CT molecular complexity index is 1000. The van der Waals surface area contributed by atoms with E-state index < -0.39 is 0 Å². The van der Waals surface area contributed by atoms with E-state index in [2.05, 4.69) is 16.0 Å². The molecule has 24 heavy (non-hydrogen) atoms. The van der Waals surface area contributed by atoms with Crippen molar-refractivity contribution in [1.29, 1.82) is 0 Å². The van der Waals surface area contributed by atoms with Gasteiger partial charge in [0.2, 0.25) is 0 Å². The fourth-order valence-electron chi connectivity index (χ4n) is 3.24. The van der Waals surface area contributed by atoms with Gasteiger partial charge in [0.25, 0.3) is 0 Å². The maximum absolute atomic E-state index is 5.89. The van der Waals surface area contributed by atoms with Crippen LogP contribution in [0.1, 0.15) is 17.3 Å². The second-order valence-corrected chi connectivity index (χ2v) is 6.04. The first kappa shape index (κ1) is 13.4. The van der Waals surface area contributed by atoms with Gasteiger partial charge in [-0.05, 0) is 36.2 Å². The number of imidazole rings is 1. The summed E-state index contributed by atoms with van der Waals surface area (Å²) >= 11 is 0. The van der Waals surface area contributed by atoms with Crippen molar-refractivity contribution >= 4 is 11.0 Å². The fourth-order valence-corrected chi connectivity index (χ4v) is 3.24. The number of H-pyrrole nitrogens is 1.